The van der Waals surface area contributed by atoms with Gasteiger partial charge in [0.05, 0.1) is 6.61 Å². The van der Waals surface area contributed by atoms with Crippen LogP contribution in [0.25, 0.3) is 0 Å². The van der Waals surface area contributed by atoms with Gasteiger partial charge in [0.1, 0.15) is 0 Å². The van der Waals surface area contributed by atoms with Crippen LogP contribution in [0.1, 0.15) is 39.5 Å². The van der Waals surface area contributed by atoms with Gasteiger partial charge in [-0.05, 0) is 38.1 Å². The SMILES string of the molecule is CN=C(NCCCC(C)C)NCC1CCCN1CCOC.I. The van der Waals surface area contributed by atoms with E-state index in [1.54, 1.807) is 7.11 Å². The van der Waals surface area contributed by atoms with Crippen LogP contribution in [0.2, 0.25) is 0 Å². The van der Waals surface area contributed by atoms with Crippen LogP contribution < -0.4 is 10.6 Å². The Balaban J connectivity index is 0.00000441. The third-order valence-electron chi connectivity index (χ3n) is 4.06. The van der Waals surface area contributed by atoms with E-state index >= 15 is 0 Å². The molecule has 22 heavy (non-hydrogen) atoms. The van der Waals surface area contributed by atoms with Crippen molar-refractivity contribution in [2.45, 2.75) is 45.6 Å². The molecular weight excluding hydrogens is 391 g/mol. The van der Waals surface area contributed by atoms with Gasteiger partial charge in [-0.1, -0.05) is 13.8 Å². The molecule has 1 heterocycles. The molecule has 0 aliphatic carbocycles. The second-order valence-corrected chi connectivity index (χ2v) is 6.24. The summed E-state index contributed by atoms with van der Waals surface area (Å²) in [6, 6.07) is 0.606. The van der Waals surface area contributed by atoms with E-state index in [1.165, 1.54) is 32.2 Å². The van der Waals surface area contributed by atoms with E-state index in [-0.39, 0.29) is 24.0 Å². The number of likely N-dealkylation sites (tertiary alicyclic amines) is 1. The highest BCUT2D eigenvalue weighted by molar-refractivity contribution is 14.0. The standard InChI is InChI=1S/C16H34N4O.HI/c1-14(2)7-5-9-18-16(17-3)19-13-15-8-6-10-20(15)11-12-21-4;/h14-15H,5-13H2,1-4H3,(H2,17,18,19);1H. The van der Waals surface area contributed by atoms with Crippen molar-refractivity contribution in [2.24, 2.45) is 10.9 Å². The first-order valence-corrected chi connectivity index (χ1v) is 8.34. The molecule has 132 valence electrons. The fourth-order valence-electron chi connectivity index (χ4n) is 2.78. The Hall–Kier alpha value is -0.0800. The molecule has 1 aliphatic rings. The second-order valence-electron chi connectivity index (χ2n) is 6.24. The molecule has 0 saturated carbocycles. The summed E-state index contributed by atoms with van der Waals surface area (Å²) in [6.07, 6.45) is 5.01. The summed E-state index contributed by atoms with van der Waals surface area (Å²) in [5.41, 5.74) is 0. The molecule has 1 rings (SSSR count). The number of rotatable bonds is 9. The number of nitrogens with zero attached hydrogens (tertiary/aromatic N) is 2. The number of guanidine groups is 1. The number of hydrogen-bond donors (Lipinski definition) is 2. The second kappa shape index (κ2) is 13.4. The van der Waals surface area contributed by atoms with Crippen molar-refractivity contribution in [2.75, 3.05) is 46.9 Å². The Bertz CT molecular complexity index is 300. The summed E-state index contributed by atoms with van der Waals surface area (Å²) < 4.78 is 5.19. The molecule has 1 fully saturated rings. The normalized spacial score (nSPS) is 19.3. The topological polar surface area (TPSA) is 48.9 Å². The third kappa shape index (κ3) is 9.15. The van der Waals surface area contributed by atoms with Crippen LogP contribution in [-0.2, 0) is 4.74 Å². The molecule has 0 spiro atoms. The molecule has 0 bridgehead atoms. The maximum absolute atomic E-state index is 5.19. The van der Waals surface area contributed by atoms with Crippen molar-refractivity contribution in [3.8, 4) is 0 Å². The lowest BCUT2D eigenvalue weighted by Crippen LogP contribution is -2.45. The highest BCUT2D eigenvalue weighted by atomic mass is 127. The van der Waals surface area contributed by atoms with Gasteiger partial charge in [0.15, 0.2) is 5.96 Å². The minimum atomic E-state index is 0. The molecule has 5 nitrogen and oxygen atoms in total. The predicted octanol–water partition coefficient (Wildman–Crippen LogP) is 2.32. The van der Waals surface area contributed by atoms with E-state index in [0.29, 0.717) is 6.04 Å². The smallest absolute Gasteiger partial charge is 0.191 e. The molecular formula is C16H35IN4O. The van der Waals surface area contributed by atoms with Crippen LogP contribution in [-0.4, -0.2) is 63.8 Å². The van der Waals surface area contributed by atoms with Crippen molar-refractivity contribution in [3.63, 3.8) is 0 Å². The predicted molar refractivity (Wildman–Crippen MR) is 105 cm³/mol. The Morgan fingerprint density at radius 1 is 1.36 bits per heavy atom. The molecule has 0 amide bonds. The highest BCUT2D eigenvalue weighted by Gasteiger charge is 2.23. The van der Waals surface area contributed by atoms with E-state index in [9.17, 15) is 0 Å². The molecule has 1 unspecified atom stereocenters. The summed E-state index contributed by atoms with van der Waals surface area (Å²) >= 11 is 0. The number of hydrogen-bond acceptors (Lipinski definition) is 3. The third-order valence-corrected chi connectivity index (χ3v) is 4.06. The Morgan fingerprint density at radius 2 is 2.14 bits per heavy atom. The molecule has 2 N–H and O–H groups in total. The quantitative estimate of drug-likeness (QED) is 0.257. The van der Waals surface area contributed by atoms with Crippen LogP contribution in [0.15, 0.2) is 4.99 Å². The highest BCUT2D eigenvalue weighted by Crippen LogP contribution is 2.15. The number of ether oxygens (including phenoxy) is 1. The zero-order valence-electron chi connectivity index (χ0n) is 14.7. The fraction of sp³-hybridized carbons (Fsp3) is 0.938. The van der Waals surface area contributed by atoms with E-state index in [0.717, 1.165) is 38.1 Å². The maximum atomic E-state index is 5.19. The van der Waals surface area contributed by atoms with Crippen molar-refractivity contribution >= 4 is 29.9 Å². The summed E-state index contributed by atoms with van der Waals surface area (Å²) in [5, 5.41) is 6.86. The molecule has 1 saturated heterocycles. The van der Waals surface area contributed by atoms with E-state index in [4.69, 9.17) is 4.74 Å². The molecule has 1 aliphatic heterocycles. The minimum absolute atomic E-state index is 0. The van der Waals surface area contributed by atoms with E-state index < -0.39 is 0 Å². The van der Waals surface area contributed by atoms with Crippen molar-refractivity contribution in [1.29, 1.82) is 0 Å². The van der Waals surface area contributed by atoms with Gasteiger partial charge in [0.25, 0.3) is 0 Å². The van der Waals surface area contributed by atoms with Crippen molar-refractivity contribution < 1.29 is 4.74 Å². The monoisotopic (exact) mass is 426 g/mol. The van der Waals surface area contributed by atoms with E-state index in [1.807, 2.05) is 7.05 Å². The lowest BCUT2D eigenvalue weighted by Gasteiger charge is -2.25. The lowest BCUT2D eigenvalue weighted by atomic mass is 10.1. The van der Waals surface area contributed by atoms with Crippen molar-refractivity contribution in [3.05, 3.63) is 0 Å². The first-order valence-electron chi connectivity index (χ1n) is 8.34. The van der Waals surface area contributed by atoms with Gasteiger partial charge < -0.3 is 15.4 Å². The van der Waals surface area contributed by atoms with Gasteiger partial charge in [-0.3, -0.25) is 9.89 Å². The first-order chi connectivity index (χ1) is 10.2. The molecule has 0 aromatic carbocycles. The zero-order valence-corrected chi connectivity index (χ0v) is 17.1. The zero-order chi connectivity index (χ0) is 15.5. The van der Waals surface area contributed by atoms with Gasteiger partial charge in [-0.2, -0.15) is 0 Å². The molecule has 0 aromatic rings. The number of aliphatic imine (C=N–C) groups is 1. The van der Waals surface area contributed by atoms with Crippen LogP contribution >= 0.6 is 24.0 Å². The summed E-state index contributed by atoms with van der Waals surface area (Å²) in [6.45, 7) is 9.53. The number of methoxy groups -OCH3 is 1. The Labute approximate surface area is 153 Å². The molecule has 0 radical (unpaired) electrons. The first kappa shape index (κ1) is 21.9. The summed E-state index contributed by atoms with van der Waals surface area (Å²) in [4.78, 5) is 6.82. The van der Waals surface area contributed by atoms with Gasteiger partial charge in [-0.15, -0.1) is 24.0 Å². The molecule has 0 aromatic heterocycles. The van der Waals surface area contributed by atoms with Crippen molar-refractivity contribution in [1.82, 2.24) is 15.5 Å². The largest absolute Gasteiger partial charge is 0.383 e. The van der Waals surface area contributed by atoms with Crippen LogP contribution in [0.3, 0.4) is 0 Å². The Kier molecular flexibility index (Phi) is 13.3. The lowest BCUT2D eigenvalue weighted by molar-refractivity contribution is 0.141. The van der Waals surface area contributed by atoms with Gasteiger partial charge in [0, 0.05) is 39.8 Å². The van der Waals surface area contributed by atoms with Crippen LogP contribution in [0.4, 0.5) is 0 Å². The molecule has 6 heteroatoms. The average molecular weight is 426 g/mol. The maximum Gasteiger partial charge on any atom is 0.191 e. The van der Waals surface area contributed by atoms with E-state index in [2.05, 4.69) is 34.4 Å². The average Bonchev–Trinajstić information content (AvgIpc) is 2.91. The van der Waals surface area contributed by atoms with Gasteiger partial charge in [-0.25, -0.2) is 0 Å². The number of nitrogens with one attached hydrogen (secondary N) is 2. The number of halogens is 1. The summed E-state index contributed by atoms with van der Waals surface area (Å²) in [7, 11) is 3.61. The van der Waals surface area contributed by atoms with Gasteiger partial charge in [0.2, 0.25) is 0 Å². The van der Waals surface area contributed by atoms with Crippen LogP contribution in [0.5, 0.6) is 0 Å². The minimum Gasteiger partial charge on any atom is -0.383 e. The Morgan fingerprint density at radius 3 is 2.77 bits per heavy atom. The fourth-order valence-corrected chi connectivity index (χ4v) is 2.78. The summed E-state index contributed by atoms with van der Waals surface area (Å²) in [5.74, 6) is 1.70. The van der Waals surface area contributed by atoms with Gasteiger partial charge >= 0.3 is 0 Å². The molecule has 1 atom stereocenters. The van der Waals surface area contributed by atoms with Crippen LogP contribution in [0, 0.1) is 5.92 Å².